The van der Waals surface area contributed by atoms with Gasteiger partial charge in [-0.3, -0.25) is 4.79 Å². The highest BCUT2D eigenvalue weighted by molar-refractivity contribution is 9.10. The lowest BCUT2D eigenvalue weighted by Crippen LogP contribution is -2.13. The van der Waals surface area contributed by atoms with E-state index < -0.39 is 11.7 Å². The fourth-order valence-corrected chi connectivity index (χ4v) is 4.48. The molecule has 0 saturated heterocycles. The van der Waals surface area contributed by atoms with E-state index in [0.717, 1.165) is 16.8 Å². The number of halogens is 1. The first-order valence-corrected chi connectivity index (χ1v) is 10.6. The number of Topliss-reactive ketones (excluding diaryl/α,β-unsaturated/α-hetero) is 1. The summed E-state index contributed by atoms with van der Waals surface area (Å²) < 4.78 is 16.5. The van der Waals surface area contributed by atoms with Gasteiger partial charge in [0.1, 0.15) is 5.01 Å². The number of carbonyl (C=O) groups is 1. The van der Waals surface area contributed by atoms with Gasteiger partial charge in [-0.2, -0.15) is 5.26 Å². The van der Waals surface area contributed by atoms with Crippen molar-refractivity contribution in [2.75, 3.05) is 21.3 Å². The summed E-state index contributed by atoms with van der Waals surface area (Å²) >= 11 is 4.69. The van der Waals surface area contributed by atoms with Gasteiger partial charge in [-0.1, -0.05) is 29.8 Å². The number of hydrogen-bond acceptors (Lipinski definition) is 7. The number of hydrogen-bond donors (Lipinski definition) is 0. The van der Waals surface area contributed by atoms with E-state index in [9.17, 15) is 10.1 Å². The van der Waals surface area contributed by atoms with Crippen LogP contribution in [0.4, 0.5) is 0 Å². The van der Waals surface area contributed by atoms with E-state index in [2.05, 4.69) is 27.0 Å². The molecule has 2 aromatic carbocycles. The van der Waals surface area contributed by atoms with Crippen molar-refractivity contribution in [3.05, 3.63) is 56.3 Å². The average molecular weight is 487 g/mol. The first-order valence-electron chi connectivity index (χ1n) is 8.89. The van der Waals surface area contributed by atoms with Crippen LogP contribution < -0.4 is 14.2 Å². The molecule has 0 N–H and O–H groups in total. The van der Waals surface area contributed by atoms with E-state index in [1.807, 2.05) is 36.6 Å². The molecule has 1 aromatic heterocycles. The van der Waals surface area contributed by atoms with Crippen molar-refractivity contribution in [3.8, 4) is 34.6 Å². The van der Waals surface area contributed by atoms with Crippen molar-refractivity contribution < 1.29 is 19.0 Å². The molecule has 0 radical (unpaired) electrons. The third-order valence-corrected chi connectivity index (χ3v) is 6.24. The summed E-state index contributed by atoms with van der Waals surface area (Å²) in [6, 6.07) is 11.5. The highest BCUT2D eigenvalue weighted by Crippen LogP contribution is 2.46. The molecule has 0 saturated carbocycles. The molecule has 0 fully saturated rings. The maximum atomic E-state index is 13.3. The van der Waals surface area contributed by atoms with Crippen LogP contribution in [0.1, 0.15) is 26.8 Å². The van der Waals surface area contributed by atoms with Crippen LogP contribution in [-0.2, 0) is 0 Å². The van der Waals surface area contributed by atoms with Gasteiger partial charge in [-0.15, -0.1) is 11.3 Å². The Hall–Kier alpha value is -2.89. The third kappa shape index (κ3) is 4.04. The Morgan fingerprint density at radius 1 is 1.13 bits per heavy atom. The number of carbonyl (C=O) groups excluding carboxylic acids is 1. The summed E-state index contributed by atoms with van der Waals surface area (Å²) in [7, 11) is 4.41. The zero-order chi connectivity index (χ0) is 21.8. The number of nitrogens with zero attached hydrogens (tertiary/aromatic N) is 2. The normalized spacial score (nSPS) is 11.5. The lowest BCUT2D eigenvalue weighted by atomic mass is 9.98. The molecule has 30 heavy (non-hydrogen) atoms. The van der Waals surface area contributed by atoms with Crippen LogP contribution in [0.2, 0.25) is 0 Å². The highest BCUT2D eigenvalue weighted by Gasteiger charge is 2.30. The minimum absolute atomic E-state index is 0.253. The number of thiazole rings is 1. The SMILES string of the molecule is COc1cc(C(=O)C(C#N)c2nc(-c3ccc(C)cc3)cs2)c(Br)c(OC)c1OC. The number of ketones is 1. The Morgan fingerprint density at radius 2 is 1.80 bits per heavy atom. The molecule has 1 unspecified atom stereocenters. The van der Waals surface area contributed by atoms with E-state index in [1.54, 1.807) is 0 Å². The molecule has 154 valence electrons. The monoisotopic (exact) mass is 486 g/mol. The second-order valence-electron chi connectivity index (χ2n) is 6.37. The van der Waals surface area contributed by atoms with Gasteiger partial charge in [-0.05, 0) is 28.9 Å². The molecule has 1 heterocycles. The van der Waals surface area contributed by atoms with Crippen molar-refractivity contribution in [3.63, 3.8) is 0 Å². The molecule has 0 aliphatic heterocycles. The van der Waals surface area contributed by atoms with Crippen LogP contribution in [0.3, 0.4) is 0 Å². The standard InChI is InChI=1S/C22H19BrN2O4S/c1-12-5-7-13(8-6-12)16-11-30-22(25-16)15(10-24)19(26)14-9-17(27-2)20(28-3)21(29-4)18(14)23/h5-9,11,15H,1-4H3. The maximum absolute atomic E-state index is 13.3. The van der Waals surface area contributed by atoms with E-state index in [4.69, 9.17) is 14.2 Å². The van der Waals surface area contributed by atoms with E-state index in [1.165, 1.54) is 38.7 Å². The molecule has 0 spiro atoms. The van der Waals surface area contributed by atoms with Crippen molar-refractivity contribution in [2.24, 2.45) is 0 Å². The van der Waals surface area contributed by atoms with Crippen LogP contribution in [0, 0.1) is 18.3 Å². The molecule has 1 atom stereocenters. The van der Waals surface area contributed by atoms with Crippen LogP contribution in [0.5, 0.6) is 17.2 Å². The average Bonchev–Trinajstić information content (AvgIpc) is 3.23. The van der Waals surface area contributed by atoms with Crippen LogP contribution in [-0.4, -0.2) is 32.1 Å². The van der Waals surface area contributed by atoms with Crippen LogP contribution >= 0.6 is 27.3 Å². The molecule has 3 aromatic rings. The molecule has 0 aliphatic carbocycles. The minimum Gasteiger partial charge on any atom is -0.493 e. The Labute approximate surface area is 187 Å². The smallest absolute Gasteiger partial charge is 0.204 e. The number of ether oxygens (including phenoxy) is 3. The van der Waals surface area contributed by atoms with E-state index in [0.29, 0.717) is 26.7 Å². The molecule has 0 bridgehead atoms. The fraction of sp³-hybridized carbons (Fsp3) is 0.227. The van der Waals surface area contributed by atoms with Crippen LogP contribution in [0.15, 0.2) is 40.2 Å². The quantitative estimate of drug-likeness (QED) is 0.416. The molecule has 3 rings (SSSR count). The number of methoxy groups -OCH3 is 3. The van der Waals surface area contributed by atoms with Gasteiger partial charge in [0.25, 0.3) is 0 Å². The Kier molecular flexibility index (Phi) is 6.75. The van der Waals surface area contributed by atoms with Gasteiger partial charge < -0.3 is 14.2 Å². The first-order chi connectivity index (χ1) is 14.4. The zero-order valence-corrected chi connectivity index (χ0v) is 19.3. The summed E-state index contributed by atoms with van der Waals surface area (Å²) in [6.07, 6.45) is 0. The molecule has 0 amide bonds. The van der Waals surface area contributed by atoms with Crippen molar-refractivity contribution in [2.45, 2.75) is 12.8 Å². The number of benzene rings is 2. The summed E-state index contributed by atoms with van der Waals surface area (Å²) in [6.45, 7) is 2.01. The minimum atomic E-state index is -1.06. The van der Waals surface area contributed by atoms with E-state index in [-0.39, 0.29) is 5.56 Å². The maximum Gasteiger partial charge on any atom is 0.204 e. The van der Waals surface area contributed by atoms with Gasteiger partial charge in [0.2, 0.25) is 5.75 Å². The van der Waals surface area contributed by atoms with Crippen molar-refractivity contribution in [1.29, 1.82) is 5.26 Å². The van der Waals surface area contributed by atoms with E-state index >= 15 is 0 Å². The lowest BCUT2D eigenvalue weighted by Gasteiger charge is -2.17. The number of aryl methyl sites for hydroxylation is 1. The zero-order valence-electron chi connectivity index (χ0n) is 16.9. The van der Waals surface area contributed by atoms with Gasteiger partial charge in [0.05, 0.1) is 37.6 Å². The Bertz CT molecular complexity index is 1120. The second kappa shape index (κ2) is 9.28. The van der Waals surface area contributed by atoms with Gasteiger partial charge >= 0.3 is 0 Å². The Balaban J connectivity index is 2.02. The summed E-state index contributed by atoms with van der Waals surface area (Å²) in [5.41, 5.74) is 3.06. The first kappa shape index (κ1) is 21.8. The number of aromatic nitrogens is 1. The number of rotatable bonds is 7. The second-order valence-corrected chi connectivity index (χ2v) is 8.05. The molecule has 6 nitrogen and oxygen atoms in total. The molecule has 8 heteroatoms. The van der Waals surface area contributed by atoms with Gasteiger partial charge in [0, 0.05) is 16.5 Å². The predicted molar refractivity (Wildman–Crippen MR) is 119 cm³/mol. The predicted octanol–water partition coefficient (Wildman–Crippen LogP) is 5.40. The summed E-state index contributed by atoms with van der Waals surface area (Å²) in [5.74, 6) is -0.469. The number of nitriles is 1. The topological polar surface area (TPSA) is 81.4 Å². The van der Waals surface area contributed by atoms with Crippen molar-refractivity contribution >= 4 is 33.0 Å². The largest absolute Gasteiger partial charge is 0.493 e. The molecular weight excluding hydrogens is 468 g/mol. The molecule has 0 aliphatic rings. The van der Waals surface area contributed by atoms with Gasteiger partial charge in [0.15, 0.2) is 23.2 Å². The summed E-state index contributed by atoms with van der Waals surface area (Å²) in [4.78, 5) is 17.8. The van der Waals surface area contributed by atoms with Gasteiger partial charge in [-0.25, -0.2) is 4.98 Å². The molecular formula is C22H19BrN2O4S. The highest BCUT2D eigenvalue weighted by atomic mass is 79.9. The summed E-state index contributed by atoms with van der Waals surface area (Å²) in [5, 5.41) is 12.0. The van der Waals surface area contributed by atoms with Crippen LogP contribution in [0.25, 0.3) is 11.3 Å². The fourth-order valence-electron chi connectivity index (χ4n) is 2.96. The third-order valence-electron chi connectivity index (χ3n) is 4.54. The Morgan fingerprint density at radius 3 is 2.37 bits per heavy atom. The van der Waals surface area contributed by atoms with Crippen molar-refractivity contribution in [1.82, 2.24) is 4.98 Å². The lowest BCUT2D eigenvalue weighted by molar-refractivity contribution is 0.0977.